The van der Waals surface area contributed by atoms with Gasteiger partial charge in [-0.1, -0.05) is 12.1 Å². The van der Waals surface area contributed by atoms with Gasteiger partial charge in [-0.2, -0.15) is 0 Å². The van der Waals surface area contributed by atoms with E-state index in [-0.39, 0.29) is 16.9 Å². The fraction of sp³-hybridized carbons (Fsp3) is 0.458. The van der Waals surface area contributed by atoms with Crippen molar-refractivity contribution in [3.8, 4) is 11.5 Å². The van der Waals surface area contributed by atoms with E-state index in [1.165, 1.54) is 12.1 Å². The molecule has 0 unspecified atom stereocenters. The molecule has 2 aliphatic rings. The van der Waals surface area contributed by atoms with Crippen molar-refractivity contribution in [3.63, 3.8) is 0 Å². The number of ether oxygens (including phenoxy) is 1. The second-order valence-corrected chi connectivity index (χ2v) is 8.71. The SMILES string of the molecule is CN1CCC2(CC1)CCN(C(=O)c1cc(Oc3ccc(CCN)cc3)ccc1F)C2. The number of likely N-dealkylation sites (tertiary alicyclic amines) is 2. The molecule has 2 heterocycles. The predicted octanol–water partition coefficient (Wildman–Crippen LogP) is 3.68. The molecule has 6 heteroatoms. The number of carbonyl (C=O) groups is 1. The van der Waals surface area contributed by atoms with Crippen LogP contribution in [0.1, 0.15) is 35.2 Å². The van der Waals surface area contributed by atoms with Gasteiger partial charge in [0.1, 0.15) is 17.3 Å². The topological polar surface area (TPSA) is 58.8 Å². The fourth-order valence-electron chi connectivity index (χ4n) is 4.54. The summed E-state index contributed by atoms with van der Waals surface area (Å²) in [5.74, 6) is 0.355. The Balaban J connectivity index is 1.46. The molecule has 2 fully saturated rings. The number of carbonyl (C=O) groups excluding carboxylic acids is 1. The normalized spacial score (nSPS) is 18.7. The van der Waals surface area contributed by atoms with E-state index in [9.17, 15) is 9.18 Å². The summed E-state index contributed by atoms with van der Waals surface area (Å²) in [5.41, 5.74) is 6.99. The Morgan fingerprint density at radius 2 is 1.73 bits per heavy atom. The van der Waals surface area contributed by atoms with Crippen molar-refractivity contribution in [2.24, 2.45) is 11.1 Å². The number of hydrogen-bond acceptors (Lipinski definition) is 4. The Kier molecular flexibility index (Phi) is 6.06. The van der Waals surface area contributed by atoms with Crippen LogP contribution in [-0.4, -0.2) is 55.5 Å². The average Bonchev–Trinajstić information content (AvgIpc) is 3.17. The van der Waals surface area contributed by atoms with E-state index in [1.807, 2.05) is 29.2 Å². The van der Waals surface area contributed by atoms with Crippen molar-refractivity contribution in [2.75, 3.05) is 39.8 Å². The van der Waals surface area contributed by atoms with Crippen molar-refractivity contribution in [3.05, 3.63) is 59.4 Å². The lowest BCUT2D eigenvalue weighted by Crippen LogP contribution is -2.40. The van der Waals surface area contributed by atoms with Gasteiger partial charge in [-0.15, -0.1) is 0 Å². The molecule has 0 bridgehead atoms. The highest BCUT2D eigenvalue weighted by Gasteiger charge is 2.42. The summed E-state index contributed by atoms with van der Waals surface area (Å²) in [6, 6.07) is 12.0. The van der Waals surface area contributed by atoms with Crippen LogP contribution in [0.2, 0.25) is 0 Å². The summed E-state index contributed by atoms with van der Waals surface area (Å²) >= 11 is 0. The Morgan fingerprint density at radius 1 is 1.07 bits per heavy atom. The quantitative estimate of drug-likeness (QED) is 0.816. The zero-order valence-corrected chi connectivity index (χ0v) is 17.6. The zero-order chi connectivity index (χ0) is 21.1. The highest BCUT2D eigenvalue weighted by molar-refractivity contribution is 5.95. The fourth-order valence-corrected chi connectivity index (χ4v) is 4.54. The first-order valence-electron chi connectivity index (χ1n) is 10.7. The number of nitrogens with zero attached hydrogens (tertiary/aromatic N) is 2. The first-order valence-corrected chi connectivity index (χ1v) is 10.7. The van der Waals surface area contributed by atoms with Gasteiger partial charge in [0.25, 0.3) is 5.91 Å². The summed E-state index contributed by atoms with van der Waals surface area (Å²) in [6.45, 7) is 4.12. The van der Waals surface area contributed by atoms with Crippen molar-refractivity contribution in [2.45, 2.75) is 25.7 Å². The van der Waals surface area contributed by atoms with E-state index in [1.54, 1.807) is 6.07 Å². The summed E-state index contributed by atoms with van der Waals surface area (Å²) in [5, 5.41) is 0. The maximum Gasteiger partial charge on any atom is 0.256 e. The number of hydrogen-bond donors (Lipinski definition) is 1. The molecule has 1 spiro atoms. The molecule has 2 N–H and O–H groups in total. The number of rotatable bonds is 5. The Hall–Kier alpha value is -2.44. The third kappa shape index (κ3) is 4.50. The van der Waals surface area contributed by atoms with E-state index >= 15 is 0 Å². The number of piperidine rings is 1. The van der Waals surface area contributed by atoms with Crippen LogP contribution in [-0.2, 0) is 6.42 Å². The van der Waals surface area contributed by atoms with E-state index in [2.05, 4.69) is 11.9 Å². The first kappa shape index (κ1) is 20.8. The van der Waals surface area contributed by atoms with Gasteiger partial charge in [-0.25, -0.2) is 4.39 Å². The highest BCUT2D eigenvalue weighted by atomic mass is 19.1. The maximum atomic E-state index is 14.5. The molecule has 2 saturated heterocycles. The van der Waals surface area contributed by atoms with E-state index in [0.717, 1.165) is 44.3 Å². The molecular weight excluding hydrogens is 381 g/mol. The summed E-state index contributed by atoms with van der Waals surface area (Å²) in [6.07, 6.45) is 4.00. The third-order valence-electron chi connectivity index (χ3n) is 6.53. The minimum Gasteiger partial charge on any atom is -0.457 e. The summed E-state index contributed by atoms with van der Waals surface area (Å²) < 4.78 is 20.4. The van der Waals surface area contributed by atoms with Gasteiger partial charge in [0.2, 0.25) is 0 Å². The lowest BCUT2D eigenvalue weighted by molar-refractivity contribution is 0.0732. The van der Waals surface area contributed by atoms with Gasteiger partial charge < -0.3 is 20.3 Å². The van der Waals surface area contributed by atoms with E-state index < -0.39 is 5.82 Å². The molecule has 0 radical (unpaired) electrons. The van der Waals surface area contributed by atoms with Gasteiger partial charge >= 0.3 is 0 Å². The van der Waals surface area contributed by atoms with Gasteiger partial charge in [0.15, 0.2) is 0 Å². The minimum atomic E-state index is -0.505. The number of halogens is 1. The lowest BCUT2D eigenvalue weighted by Gasteiger charge is -2.37. The predicted molar refractivity (Wildman–Crippen MR) is 115 cm³/mol. The zero-order valence-electron chi connectivity index (χ0n) is 17.6. The molecule has 160 valence electrons. The molecule has 2 aliphatic heterocycles. The molecule has 0 aliphatic carbocycles. The lowest BCUT2D eigenvalue weighted by atomic mass is 9.78. The standard InChI is InChI=1S/C24H30FN3O2/c1-27-13-9-24(10-14-27)11-15-28(17-24)23(29)21-16-20(6-7-22(21)25)30-19-4-2-18(3-5-19)8-12-26/h2-7,16H,8-15,17,26H2,1H3. The monoisotopic (exact) mass is 411 g/mol. The summed E-state index contributed by atoms with van der Waals surface area (Å²) in [7, 11) is 2.14. The summed E-state index contributed by atoms with van der Waals surface area (Å²) in [4.78, 5) is 17.2. The van der Waals surface area contributed by atoms with Crippen LogP contribution >= 0.6 is 0 Å². The smallest absolute Gasteiger partial charge is 0.256 e. The van der Waals surface area contributed by atoms with Crippen LogP contribution in [0.25, 0.3) is 0 Å². The third-order valence-corrected chi connectivity index (χ3v) is 6.53. The molecule has 2 aromatic carbocycles. The van der Waals surface area contributed by atoms with Gasteiger partial charge in [0.05, 0.1) is 5.56 Å². The van der Waals surface area contributed by atoms with E-state index in [0.29, 0.717) is 31.1 Å². The Morgan fingerprint density at radius 3 is 2.43 bits per heavy atom. The largest absolute Gasteiger partial charge is 0.457 e. The molecule has 0 atom stereocenters. The highest BCUT2D eigenvalue weighted by Crippen LogP contribution is 2.40. The molecule has 0 saturated carbocycles. The van der Waals surface area contributed by atoms with Crippen LogP contribution in [0.5, 0.6) is 11.5 Å². The van der Waals surface area contributed by atoms with Crippen LogP contribution in [0.15, 0.2) is 42.5 Å². The van der Waals surface area contributed by atoms with Gasteiger partial charge in [-0.3, -0.25) is 4.79 Å². The minimum absolute atomic E-state index is 0.0808. The van der Waals surface area contributed by atoms with Crippen molar-refractivity contribution < 1.29 is 13.9 Å². The molecule has 1 amide bonds. The van der Waals surface area contributed by atoms with Crippen molar-refractivity contribution in [1.82, 2.24) is 9.80 Å². The molecular formula is C24H30FN3O2. The average molecular weight is 412 g/mol. The molecule has 5 nitrogen and oxygen atoms in total. The Labute approximate surface area is 177 Å². The van der Waals surface area contributed by atoms with Gasteiger partial charge in [-0.05, 0) is 93.7 Å². The second-order valence-electron chi connectivity index (χ2n) is 8.71. The van der Waals surface area contributed by atoms with E-state index in [4.69, 9.17) is 10.5 Å². The molecule has 30 heavy (non-hydrogen) atoms. The van der Waals surface area contributed by atoms with Crippen molar-refractivity contribution in [1.29, 1.82) is 0 Å². The number of amides is 1. The van der Waals surface area contributed by atoms with Crippen LogP contribution in [0.3, 0.4) is 0 Å². The van der Waals surface area contributed by atoms with Crippen LogP contribution in [0, 0.1) is 11.2 Å². The molecule has 0 aromatic heterocycles. The van der Waals surface area contributed by atoms with Gasteiger partial charge in [0, 0.05) is 13.1 Å². The Bertz CT molecular complexity index is 892. The molecule has 4 rings (SSSR count). The second kappa shape index (κ2) is 8.74. The van der Waals surface area contributed by atoms with Crippen LogP contribution in [0.4, 0.5) is 4.39 Å². The van der Waals surface area contributed by atoms with Crippen LogP contribution < -0.4 is 10.5 Å². The molecule has 2 aromatic rings. The number of nitrogens with two attached hydrogens (primary N) is 1. The number of benzene rings is 2. The van der Waals surface area contributed by atoms with Crippen molar-refractivity contribution >= 4 is 5.91 Å². The first-order chi connectivity index (χ1) is 14.5. The maximum absolute atomic E-state index is 14.5.